The zero-order chi connectivity index (χ0) is 35.8. The molecule has 0 atom stereocenters. The van der Waals surface area contributed by atoms with Crippen LogP contribution >= 0.6 is 0 Å². The van der Waals surface area contributed by atoms with Gasteiger partial charge in [0.05, 0.1) is 22.4 Å². The highest BCUT2D eigenvalue weighted by molar-refractivity contribution is 6.21. The van der Waals surface area contributed by atoms with Gasteiger partial charge in [-0.05, 0) is 90.8 Å². The van der Waals surface area contributed by atoms with E-state index >= 15 is 0 Å². The van der Waals surface area contributed by atoms with Crippen molar-refractivity contribution in [3.8, 4) is 67.0 Å². The van der Waals surface area contributed by atoms with Crippen LogP contribution in [0.5, 0.6) is 0 Å². The summed E-state index contributed by atoms with van der Waals surface area (Å²) in [5.74, 6) is 0. The van der Waals surface area contributed by atoms with Crippen molar-refractivity contribution < 1.29 is 0 Å². The summed E-state index contributed by atoms with van der Waals surface area (Å²) >= 11 is 0. The van der Waals surface area contributed by atoms with E-state index in [-0.39, 0.29) is 0 Å². The van der Waals surface area contributed by atoms with Crippen LogP contribution in [0.15, 0.2) is 200 Å². The summed E-state index contributed by atoms with van der Waals surface area (Å²) in [5.41, 5.74) is 15.1. The zero-order valence-electron chi connectivity index (χ0n) is 29.4. The van der Waals surface area contributed by atoms with Gasteiger partial charge in [0.15, 0.2) is 0 Å². The number of hydrogen-bond acceptors (Lipinski definition) is 3. The van der Waals surface area contributed by atoms with E-state index < -0.39 is 0 Å². The summed E-state index contributed by atoms with van der Waals surface area (Å²) < 4.78 is 0. The Morgan fingerprint density at radius 3 is 1.24 bits per heavy atom. The Kier molecular flexibility index (Phi) is 7.81. The number of para-hydroxylation sites is 2. The molecular formula is C51H33N3. The second-order valence-electron chi connectivity index (χ2n) is 13.6. The topological polar surface area (TPSA) is 38.7 Å². The van der Waals surface area contributed by atoms with Crippen LogP contribution in [0, 0.1) is 0 Å². The predicted molar refractivity (Wildman–Crippen MR) is 225 cm³/mol. The van der Waals surface area contributed by atoms with Gasteiger partial charge in [-0.3, -0.25) is 4.98 Å². The average Bonchev–Trinajstić information content (AvgIpc) is 3.26. The van der Waals surface area contributed by atoms with Crippen LogP contribution in [0.1, 0.15) is 0 Å². The van der Waals surface area contributed by atoms with Crippen LogP contribution in [0.25, 0.3) is 99.6 Å². The van der Waals surface area contributed by atoms with E-state index in [4.69, 9.17) is 9.97 Å². The number of hydrogen-bond donors (Lipinski definition) is 0. The Labute approximate surface area is 313 Å². The molecule has 2 aromatic heterocycles. The molecule has 0 N–H and O–H groups in total. The Morgan fingerprint density at radius 1 is 0.278 bits per heavy atom. The summed E-state index contributed by atoms with van der Waals surface area (Å²) in [6.07, 6.45) is 3.73. The molecule has 8 aromatic carbocycles. The molecule has 0 radical (unpaired) electrons. The maximum atomic E-state index is 5.15. The van der Waals surface area contributed by atoms with E-state index in [1.54, 1.807) is 0 Å². The lowest BCUT2D eigenvalue weighted by Crippen LogP contribution is -1.95. The van der Waals surface area contributed by atoms with Crippen molar-refractivity contribution in [3.63, 3.8) is 0 Å². The molecule has 10 aromatic rings. The first-order chi connectivity index (χ1) is 26.8. The van der Waals surface area contributed by atoms with Crippen LogP contribution in [-0.4, -0.2) is 15.0 Å². The number of aromatic nitrogens is 3. The molecular weight excluding hydrogens is 655 g/mol. The zero-order valence-corrected chi connectivity index (χ0v) is 29.4. The van der Waals surface area contributed by atoms with Gasteiger partial charge in [0.25, 0.3) is 0 Å². The molecule has 252 valence electrons. The van der Waals surface area contributed by atoms with Crippen molar-refractivity contribution >= 4 is 32.6 Å². The van der Waals surface area contributed by atoms with Gasteiger partial charge in [-0.15, -0.1) is 0 Å². The second kappa shape index (κ2) is 13.4. The van der Waals surface area contributed by atoms with E-state index in [0.29, 0.717) is 0 Å². The van der Waals surface area contributed by atoms with Crippen molar-refractivity contribution in [2.24, 2.45) is 0 Å². The Morgan fingerprint density at radius 2 is 0.685 bits per heavy atom. The standard InChI is InChI=1S/C51H33N3/c1-2-13-35(14-3-1)50-51(54-47-25-9-8-24-46(47)53-50)36-28-26-34(27-29-36)48-42-20-4-6-22-44(42)49(45-23-7-5-21-43(45)48)40-18-11-16-38(32-40)37-15-10-17-39(31-37)41-19-12-30-52-33-41/h1-33H. The predicted octanol–water partition coefficient (Wildman–Crippen LogP) is 13.3. The van der Waals surface area contributed by atoms with Gasteiger partial charge in [-0.1, -0.05) is 158 Å². The van der Waals surface area contributed by atoms with Crippen molar-refractivity contribution in [2.45, 2.75) is 0 Å². The fourth-order valence-electron chi connectivity index (χ4n) is 7.81. The van der Waals surface area contributed by atoms with Crippen molar-refractivity contribution in [1.82, 2.24) is 15.0 Å². The lowest BCUT2D eigenvalue weighted by molar-refractivity contribution is 1.29. The molecule has 0 fully saturated rings. The Bertz CT molecular complexity index is 2910. The van der Waals surface area contributed by atoms with Crippen LogP contribution in [0.3, 0.4) is 0 Å². The maximum absolute atomic E-state index is 5.15. The number of benzene rings is 8. The first-order valence-corrected chi connectivity index (χ1v) is 18.3. The van der Waals surface area contributed by atoms with Gasteiger partial charge in [-0.25, -0.2) is 9.97 Å². The fraction of sp³-hybridized carbons (Fsp3) is 0. The first-order valence-electron chi connectivity index (χ1n) is 18.3. The molecule has 10 rings (SSSR count). The monoisotopic (exact) mass is 687 g/mol. The van der Waals surface area contributed by atoms with Gasteiger partial charge in [0.1, 0.15) is 0 Å². The van der Waals surface area contributed by atoms with E-state index in [2.05, 4.69) is 157 Å². The van der Waals surface area contributed by atoms with Crippen molar-refractivity contribution in [2.75, 3.05) is 0 Å². The van der Waals surface area contributed by atoms with Gasteiger partial charge in [0.2, 0.25) is 0 Å². The molecule has 0 aliphatic heterocycles. The van der Waals surface area contributed by atoms with Gasteiger partial charge >= 0.3 is 0 Å². The molecule has 0 saturated heterocycles. The summed E-state index contributed by atoms with van der Waals surface area (Å²) in [6, 6.07) is 66.7. The minimum atomic E-state index is 0.877. The summed E-state index contributed by atoms with van der Waals surface area (Å²) in [4.78, 5) is 14.6. The highest BCUT2D eigenvalue weighted by atomic mass is 14.8. The van der Waals surface area contributed by atoms with Crippen LogP contribution in [0.4, 0.5) is 0 Å². The largest absolute Gasteiger partial charge is 0.264 e. The molecule has 3 heteroatoms. The van der Waals surface area contributed by atoms with Crippen LogP contribution < -0.4 is 0 Å². The minimum Gasteiger partial charge on any atom is -0.264 e. The Hall–Kier alpha value is -7.23. The van der Waals surface area contributed by atoms with Crippen molar-refractivity contribution in [1.29, 1.82) is 0 Å². The summed E-state index contributed by atoms with van der Waals surface area (Å²) in [7, 11) is 0. The molecule has 0 saturated carbocycles. The minimum absolute atomic E-state index is 0.877. The van der Waals surface area contributed by atoms with Crippen LogP contribution in [0.2, 0.25) is 0 Å². The van der Waals surface area contributed by atoms with E-state index in [0.717, 1.165) is 50.2 Å². The first kappa shape index (κ1) is 31.5. The molecule has 54 heavy (non-hydrogen) atoms. The number of nitrogens with zero attached hydrogens (tertiary/aromatic N) is 3. The van der Waals surface area contributed by atoms with Gasteiger partial charge in [-0.2, -0.15) is 0 Å². The average molecular weight is 688 g/mol. The molecule has 0 unspecified atom stereocenters. The lowest BCUT2D eigenvalue weighted by atomic mass is 9.85. The number of rotatable bonds is 6. The highest BCUT2D eigenvalue weighted by Gasteiger charge is 2.18. The third-order valence-electron chi connectivity index (χ3n) is 10.3. The summed E-state index contributed by atoms with van der Waals surface area (Å²) in [5, 5.41) is 4.89. The molecule has 0 aliphatic rings. The van der Waals surface area contributed by atoms with E-state index in [1.165, 1.54) is 49.4 Å². The third-order valence-corrected chi connectivity index (χ3v) is 10.3. The Balaban J connectivity index is 1.11. The smallest absolute Gasteiger partial charge is 0.0973 e. The SMILES string of the molecule is c1ccc(-c2nc3ccccc3nc2-c2ccc(-c3c4ccccc4c(-c4cccc(-c5cccc(-c6cccnc6)c5)c4)c4ccccc34)cc2)cc1. The fourth-order valence-corrected chi connectivity index (χ4v) is 7.81. The normalized spacial score (nSPS) is 11.3. The number of pyridine rings is 1. The molecule has 2 heterocycles. The van der Waals surface area contributed by atoms with E-state index in [1.807, 2.05) is 48.8 Å². The highest BCUT2D eigenvalue weighted by Crippen LogP contribution is 2.45. The second-order valence-corrected chi connectivity index (χ2v) is 13.6. The molecule has 0 aliphatic carbocycles. The van der Waals surface area contributed by atoms with Crippen LogP contribution in [-0.2, 0) is 0 Å². The quantitative estimate of drug-likeness (QED) is 0.163. The summed E-state index contributed by atoms with van der Waals surface area (Å²) in [6.45, 7) is 0. The van der Waals surface area contributed by atoms with Gasteiger partial charge < -0.3 is 0 Å². The molecule has 3 nitrogen and oxygen atoms in total. The third kappa shape index (κ3) is 5.60. The number of fused-ring (bicyclic) bond motifs is 3. The van der Waals surface area contributed by atoms with E-state index in [9.17, 15) is 0 Å². The van der Waals surface area contributed by atoms with Gasteiger partial charge in [0, 0.05) is 29.1 Å². The maximum Gasteiger partial charge on any atom is 0.0973 e. The molecule has 0 bridgehead atoms. The molecule has 0 amide bonds. The van der Waals surface area contributed by atoms with Crippen molar-refractivity contribution in [3.05, 3.63) is 200 Å². The lowest BCUT2D eigenvalue weighted by Gasteiger charge is -2.18. The molecule has 0 spiro atoms.